The number of H-pyrrole nitrogens is 1. The van der Waals surface area contributed by atoms with E-state index in [1.54, 1.807) is 13.1 Å². The molecule has 0 spiro atoms. The number of para-hydroxylation sites is 1. The number of nitrogens with zero attached hydrogens (tertiary/aromatic N) is 2. The van der Waals surface area contributed by atoms with Crippen molar-refractivity contribution >= 4 is 22.8 Å². The molecule has 0 unspecified atom stereocenters. The van der Waals surface area contributed by atoms with Gasteiger partial charge in [-0.3, -0.25) is 4.79 Å². The molecule has 0 saturated heterocycles. The molecule has 3 aromatic rings. The third-order valence-electron chi connectivity index (χ3n) is 4.10. The van der Waals surface area contributed by atoms with Crippen molar-refractivity contribution in [1.29, 1.82) is 0 Å². The van der Waals surface area contributed by atoms with Crippen LogP contribution >= 0.6 is 0 Å². The van der Waals surface area contributed by atoms with Crippen LogP contribution in [0.25, 0.3) is 10.9 Å². The predicted octanol–water partition coefficient (Wildman–Crippen LogP) is 1.99. The van der Waals surface area contributed by atoms with Crippen molar-refractivity contribution < 1.29 is 19.2 Å². The molecule has 0 aliphatic heterocycles. The van der Waals surface area contributed by atoms with Crippen molar-refractivity contribution in [2.24, 2.45) is 0 Å². The number of nitrogens with one attached hydrogen (secondary N) is 2. The van der Waals surface area contributed by atoms with Crippen molar-refractivity contribution in [3.8, 4) is 0 Å². The molecule has 3 rings (SSSR count). The van der Waals surface area contributed by atoms with Crippen molar-refractivity contribution in [3.63, 3.8) is 0 Å². The van der Waals surface area contributed by atoms with Crippen LogP contribution in [-0.2, 0) is 22.4 Å². The minimum atomic E-state index is -1.06. The zero-order valence-electron chi connectivity index (χ0n) is 14.4. The minimum Gasteiger partial charge on any atom is -0.480 e. The highest BCUT2D eigenvalue weighted by molar-refractivity contribution is 5.86. The van der Waals surface area contributed by atoms with Crippen LogP contribution in [0.15, 0.2) is 35.0 Å². The van der Waals surface area contributed by atoms with Gasteiger partial charge in [0.15, 0.2) is 5.82 Å². The van der Waals surface area contributed by atoms with Gasteiger partial charge in [0.05, 0.1) is 0 Å². The fourth-order valence-corrected chi connectivity index (χ4v) is 2.83. The second kappa shape index (κ2) is 7.81. The highest BCUT2D eigenvalue weighted by Gasteiger charge is 2.21. The van der Waals surface area contributed by atoms with E-state index in [1.807, 2.05) is 24.3 Å². The lowest BCUT2D eigenvalue weighted by Crippen LogP contribution is -2.42. The average Bonchev–Trinajstić information content (AvgIpc) is 3.21. The largest absolute Gasteiger partial charge is 0.480 e. The highest BCUT2D eigenvalue weighted by atomic mass is 16.5. The SMILES string of the molecule is Cc1noc(CCCC(=O)N[C@H](Cc2c[nH]c3ccccc23)C(=O)O)n1. The summed E-state index contributed by atoms with van der Waals surface area (Å²) in [5, 5.41) is 16.7. The van der Waals surface area contributed by atoms with E-state index in [9.17, 15) is 14.7 Å². The second-order valence-corrected chi connectivity index (χ2v) is 6.11. The molecule has 0 aliphatic rings. The van der Waals surface area contributed by atoms with E-state index in [4.69, 9.17) is 4.52 Å². The number of carboxylic acids is 1. The smallest absolute Gasteiger partial charge is 0.326 e. The first-order valence-corrected chi connectivity index (χ1v) is 8.39. The third kappa shape index (κ3) is 4.27. The summed E-state index contributed by atoms with van der Waals surface area (Å²) in [6.07, 6.45) is 3.18. The van der Waals surface area contributed by atoms with Crippen LogP contribution in [0.2, 0.25) is 0 Å². The molecule has 8 nitrogen and oxygen atoms in total. The first-order chi connectivity index (χ1) is 12.5. The fraction of sp³-hybridized carbons (Fsp3) is 0.333. The number of hydrogen-bond acceptors (Lipinski definition) is 5. The monoisotopic (exact) mass is 356 g/mol. The van der Waals surface area contributed by atoms with Crippen molar-refractivity contribution in [3.05, 3.63) is 47.7 Å². The van der Waals surface area contributed by atoms with Crippen LogP contribution in [0, 0.1) is 6.92 Å². The van der Waals surface area contributed by atoms with Crippen LogP contribution in [0.4, 0.5) is 0 Å². The van der Waals surface area contributed by atoms with Crippen molar-refractivity contribution in [2.75, 3.05) is 0 Å². The molecular weight excluding hydrogens is 336 g/mol. The molecule has 1 aromatic carbocycles. The fourth-order valence-electron chi connectivity index (χ4n) is 2.83. The standard InChI is InChI=1S/C18H20N4O4/c1-11-20-17(26-22-11)8-4-7-16(23)21-15(18(24)25)9-12-10-19-14-6-3-2-5-13(12)14/h2-3,5-6,10,15,19H,4,7-9H2,1H3,(H,21,23)(H,24,25)/t15-/m1/s1. The summed E-state index contributed by atoms with van der Waals surface area (Å²) >= 11 is 0. The number of hydrogen-bond donors (Lipinski definition) is 3. The Balaban J connectivity index is 1.56. The molecule has 136 valence electrons. The second-order valence-electron chi connectivity index (χ2n) is 6.11. The maximum atomic E-state index is 12.1. The van der Waals surface area contributed by atoms with Gasteiger partial charge in [-0.2, -0.15) is 4.98 Å². The van der Waals surface area contributed by atoms with Gasteiger partial charge in [-0.1, -0.05) is 23.4 Å². The van der Waals surface area contributed by atoms with E-state index in [0.717, 1.165) is 16.5 Å². The Kier molecular flexibility index (Phi) is 5.31. The number of benzene rings is 1. The first-order valence-electron chi connectivity index (χ1n) is 8.39. The van der Waals surface area contributed by atoms with Gasteiger partial charge in [0, 0.05) is 36.4 Å². The molecular formula is C18H20N4O4. The number of aromatic amines is 1. The topological polar surface area (TPSA) is 121 Å². The van der Waals surface area contributed by atoms with Crippen LogP contribution in [0.5, 0.6) is 0 Å². The number of fused-ring (bicyclic) bond motifs is 1. The van der Waals surface area contributed by atoms with Crippen LogP contribution in [0.3, 0.4) is 0 Å². The van der Waals surface area contributed by atoms with E-state index in [0.29, 0.717) is 24.6 Å². The van der Waals surface area contributed by atoms with E-state index in [-0.39, 0.29) is 18.7 Å². The van der Waals surface area contributed by atoms with Gasteiger partial charge in [-0.05, 0) is 25.0 Å². The lowest BCUT2D eigenvalue weighted by Gasteiger charge is -2.14. The minimum absolute atomic E-state index is 0.194. The Morgan fingerprint density at radius 3 is 2.88 bits per heavy atom. The zero-order valence-corrected chi connectivity index (χ0v) is 14.4. The van der Waals surface area contributed by atoms with E-state index < -0.39 is 12.0 Å². The van der Waals surface area contributed by atoms with Crippen molar-refractivity contribution in [2.45, 2.75) is 38.6 Å². The third-order valence-corrected chi connectivity index (χ3v) is 4.10. The molecule has 0 fully saturated rings. The predicted molar refractivity (Wildman–Crippen MR) is 93.5 cm³/mol. The Hall–Kier alpha value is -3.16. The van der Waals surface area contributed by atoms with Gasteiger partial charge in [-0.25, -0.2) is 4.79 Å². The van der Waals surface area contributed by atoms with Gasteiger partial charge in [0.25, 0.3) is 0 Å². The zero-order chi connectivity index (χ0) is 18.5. The average molecular weight is 356 g/mol. The molecule has 0 radical (unpaired) electrons. The molecule has 8 heteroatoms. The maximum absolute atomic E-state index is 12.1. The van der Waals surface area contributed by atoms with Gasteiger partial charge < -0.3 is 19.9 Å². The van der Waals surface area contributed by atoms with E-state index >= 15 is 0 Å². The lowest BCUT2D eigenvalue weighted by atomic mass is 10.0. The Labute approximate surface area is 149 Å². The molecule has 0 saturated carbocycles. The maximum Gasteiger partial charge on any atom is 0.326 e. The molecule has 26 heavy (non-hydrogen) atoms. The molecule has 2 heterocycles. The Bertz CT molecular complexity index is 915. The number of amides is 1. The van der Waals surface area contributed by atoms with Crippen molar-refractivity contribution in [1.82, 2.24) is 20.4 Å². The lowest BCUT2D eigenvalue weighted by molar-refractivity contribution is -0.141. The number of aromatic nitrogens is 3. The summed E-state index contributed by atoms with van der Waals surface area (Å²) in [6, 6.07) is 6.67. The number of aliphatic carboxylic acids is 1. The van der Waals surface area contributed by atoms with Crippen LogP contribution in [-0.4, -0.2) is 38.1 Å². The quantitative estimate of drug-likeness (QED) is 0.567. The molecule has 1 amide bonds. The highest BCUT2D eigenvalue weighted by Crippen LogP contribution is 2.19. The Morgan fingerprint density at radius 2 is 2.15 bits per heavy atom. The summed E-state index contributed by atoms with van der Waals surface area (Å²) in [5.41, 5.74) is 1.79. The van der Waals surface area contributed by atoms with Gasteiger partial charge in [-0.15, -0.1) is 0 Å². The summed E-state index contributed by atoms with van der Waals surface area (Å²) in [4.78, 5) is 30.8. The van der Waals surface area contributed by atoms with Gasteiger partial charge >= 0.3 is 5.97 Å². The van der Waals surface area contributed by atoms with E-state index in [1.165, 1.54) is 0 Å². The molecule has 1 atom stereocenters. The summed E-state index contributed by atoms with van der Waals surface area (Å²) in [6.45, 7) is 1.72. The number of rotatable bonds is 8. The van der Waals surface area contributed by atoms with E-state index in [2.05, 4.69) is 20.4 Å². The number of carbonyl (C=O) groups excluding carboxylic acids is 1. The first kappa shape index (κ1) is 17.7. The number of carboxylic acid groups (broad SMARTS) is 1. The molecule has 0 aliphatic carbocycles. The summed E-state index contributed by atoms with van der Waals surface area (Å²) in [7, 11) is 0. The van der Waals surface area contributed by atoms with Crippen LogP contribution < -0.4 is 5.32 Å². The molecule has 0 bridgehead atoms. The van der Waals surface area contributed by atoms with Crippen LogP contribution in [0.1, 0.15) is 30.1 Å². The number of carbonyl (C=O) groups is 2. The summed E-state index contributed by atoms with van der Waals surface area (Å²) < 4.78 is 4.99. The number of aryl methyl sites for hydroxylation is 2. The normalized spacial score (nSPS) is 12.2. The van der Waals surface area contributed by atoms with Gasteiger partial charge in [0.1, 0.15) is 6.04 Å². The summed E-state index contributed by atoms with van der Waals surface area (Å²) in [5.74, 6) is -0.345. The molecule has 2 aromatic heterocycles. The Morgan fingerprint density at radius 1 is 1.35 bits per heavy atom. The molecule has 3 N–H and O–H groups in total. The van der Waals surface area contributed by atoms with Gasteiger partial charge in [0.2, 0.25) is 11.8 Å².